The van der Waals surface area contributed by atoms with E-state index in [1.54, 1.807) is 42.5 Å². The molecule has 3 aromatic rings. The van der Waals surface area contributed by atoms with Gasteiger partial charge in [0.25, 0.3) is 5.91 Å². The van der Waals surface area contributed by atoms with Crippen LogP contribution in [0.3, 0.4) is 0 Å². The lowest BCUT2D eigenvalue weighted by Gasteiger charge is -2.37. The second-order valence-electron chi connectivity index (χ2n) is 10.7. The van der Waals surface area contributed by atoms with E-state index in [0.29, 0.717) is 59.2 Å². The number of alkyl halides is 3. The van der Waals surface area contributed by atoms with E-state index < -0.39 is 29.7 Å². The summed E-state index contributed by atoms with van der Waals surface area (Å²) in [4.78, 5) is 24.6. The lowest BCUT2D eigenvalue weighted by atomic mass is 9.90. The number of fused-ring (bicyclic) bond motifs is 1. The van der Waals surface area contributed by atoms with Gasteiger partial charge in [0, 0.05) is 34.9 Å². The van der Waals surface area contributed by atoms with Crippen LogP contribution < -0.4 is 15.4 Å². The van der Waals surface area contributed by atoms with Gasteiger partial charge in [0.1, 0.15) is 11.9 Å². The van der Waals surface area contributed by atoms with Crippen molar-refractivity contribution in [1.82, 2.24) is 0 Å². The first-order valence-corrected chi connectivity index (χ1v) is 13.3. The molecule has 2 amide bonds. The van der Waals surface area contributed by atoms with E-state index in [9.17, 15) is 27.9 Å². The van der Waals surface area contributed by atoms with Crippen LogP contribution in [0.4, 0.5) is 24.5 Å². The lowest BCUT2D eigenvalue weighted by Crippen LogP contribution is -2.44. The number of amides is 2. The summed E-state index contributed by atoms with van der Waals surface area (Å²) in [6, 6.07) is 17.0. The molecule has 1 atom stereocenters. The van der Waals surface area contributed by atoms with Crippen molar-refractivity contribution in [2.24, 2.45) is 5.41 Å². The van der Waals surface area contributed by atoms with E-state index in [4.69, 9.17) is 9.47 Å². The third kappa shape index (κ3) is 6.72. The molecule has 1 unspecified atom stereocenters. The second kappa shape index (κ2) is 11.8. The summed E-state index contributed by atoms with van der Waals surface area (Å²) < 4.78 is 50.9. The van der Waals surface area contributed by atoms with E-state index in [0.717, 1.165) is 12.1 Å². The van der Waals surface area contributed by atoms with Gasteiger partial charge in [0.15, 0.2) is 0 Å². The summed E-state index contributed by atoms with van der Waals surface area (Å²) >= 11 is 0. The minimum Gasteiger partial charge on any atom is -0.493 e. The van der Waals surface area contributed by atoms with Crippen LogP contribution in [0.25, 0.3) is 5.57 Å². The number of anilines is 2. The Kier molecular flexibility index (Phi) is 8.20. The molecule has 5 rings (SSSR count). The van der Waals surface area contributed by atoms with Gasteiger partial charge in [-0.1, -0.05) is 49.4 Å². The van der Waals surface area contributed by atoms with Gasteiger partial charge in [0.2, 0.25) is 5.91 Å². The molecule has 10 heteroatoms. The van der Waals surface area contributed by atoms with Crippen LogP contribution in [0.5, 0.6) is 5.75 Å². The van der Waals surface area contributed by atoms with Crippen molar-refractivity contribution >= 4 is 28.8 Å². The minimum absolute atomic E-state index is 0.0594. The number of aliphatic hydroxyl groups is 1. The van der Waals surface area contributed by atoms with Crippen molar-refractivity contribution in [1.29, 1.82) is 0 Å². The smallest absolute Gasteiger partial charge is 0.416 e. The van der Waals surface area contributed by atoms with Gasteiger partial charge in [-0.05, 0) is 53.1 Å². The predicted octanol–water partition coefficient (Wildman–Crippen LogP) is 5.60. The van der Waals surface area contributed by atoms with E-state index in [1.807, 2.05) is 6.07 Å². The molecule has 0 bridgehead atoms. The molecule has 0 aromatic heterocycles. The maximum atomic E-state index is 13.2. The Morgan fingerprint density at radius 3 is 2.55 bits per heavy atom. The highest BCUT2D eigenvalue weighted by Crippen LogP contribution is 2.34. The van der Waals surface area contributed by atoms with E-state index >= 15 is 0 Å². The first-order valence-electron chi connectivity index (χ1n) is 13.3. The van der Waals surface area contributed by atoms with E-state index in [2.05, 4.69) is 17.6 Å². The SMILES string of the molecule is CC1(COc2cccc(/C(=C\C=C\C(=O)Nc3cccc4c3CC(O)C(=O)N4)c3ccc(C(F)(F)F)cc3)c2)COC1. The maximum Gasteiger partial charge on any atom is 0.416 e. The summed E-state index contributed by atoms with van der Waals surface area (Å²) in [7, 11) is 0. The summed E-state index contributed by atoms with van der Waals surface area (Å²) in [6.45, 7) is 3.74. The standard InChI is InChI=1S/C32H29F3N2O5/c1-31(17-41-18-31)19-42-23-6-2-5-21(15-23)24(20-11-13-22(14-12-20)32(33,34)35)7-3-10-29(39)36-26-8-4-9-27-25(26)16-28(38)30(40)37-27/h2-15,28,38H,16-19H2,1H3,(H,36,39)(H,37,40)/b10-3+,24-7-. The number of carbonyl (C=O) groups is 2. The Morgan fingerprint density at radius 1 is 1.12 bits per heavy atom. The quantitative estimate of drug-likeness (QED) is 0.239. The molecule has 3 aromatic carbocycles. The van der Waals surface area contributed by atoms with Gasteiger partial charge < -0.3 is 25.2 Å². The Bertz CT molecular complexity index is 1540. The fraction of sp³-hybridized carbons (Fsp3) is 0.250. The molecular formula is C32H29F3N2O5. The Hall–Kier alpha value is -4.41. The zero-order valence-corrected chi connectivity index (χ0v) is 22.7. The fourth-order valence-electron chi connectivity index (χ4n) is 4.69. The van der Waals surface area contributed by atoms with Gasteiger partial charge in [-0.2, -0.15) is 13.2 Å². The lowest BCUT2D eigenvalue weighted by molar-refractivity contribution is -0.137. The molecule has 42 heavy (non-hydrogen) atoms. The molecule has 2 aliphatic heterocycles. The summed E-state index contributed by atoms with van der Waals surface area (Å²) in [5.41, 5.74) is 2.52. The number of ether oxygens (including phenoxy) is 2. The van der Waals surface area contributed by atoms with Gasteiger partial charge in [-0.25, -0.2) is 0 Å². The van der Waals surface area contributed by atoms with Crippen LogP contribution >= 0.6 is 0 Å². The highest BCUT2D eigenvalue weighted by Gasteiger charge is 2.34. The molecule has 2 heterocycles. The first kappa shape index (κ1) is 29.1. The highest BCUT2D eigenvalue weighted by atomic mass is 19.4. The number of halogens is 3. The zero-order valence-electron chi connectivity index (χ0n) is 22.7. The van der Waals surface area contributed by atoms with Crippen molar-refractivity contribution in [2.75, 3.05) is 30.5 Å². The monoisotopic (exact) mass is 578 g/mol. The largest absolute Gasteiger partial charge is 0.493 e. The topological polar surface area (TPSA) is 96.9 Å². The molecule has 3 N–H and O–H groups in total. The van der Waals surface area contributed by atoms with E-state index in [1.165, 1.54) is 24.3 Å². The number of carbonyl (C=O) groups excluding carboxylic acids is 2. The number of allylic oxidation sites excluding steroid dienone is 2. The molecule has 0 radical (unpaired) electrons. The highest BCUT2D eigenvalue weighted by molar-refractivity contribution is 6.03. The van der Waals surface area contributed by atoms with E-state index in [-0.39, 0.29) is 11.8 Å². The van der Waals surface area contributed by atoms with Gasteiger partial charge in [0.05, 0.1) is 25.4 Å². The van der Waals surface area contributed by atoms with Gasteiger partial charge in [-0.3, -0.25) is 9.59 Å². The van der Waals surface area contributed by atoms with Crippen molar-refractivity contribution < 1.29 is 37.3 Å². The Labute approximate surface area is 240 Å². The Balaban J connectivity index is 1.39. The van der Waals surface area contributed by atoms with Crippen molar-refractivity contribution in [2.45, 2.75) is 25.6 Å². The first-order chi connectivity index (χ1) is 20.0. The third-order valence-corrected chi connectivity index (χ3v) is 7.06. The van der Waals surface area contributed by atoms with Crippen molar-refractivity contribution in [3.05, 3.63) is 107 Å². The fourth-order valence-corrected chi connectivity index (χ4v) is 4.69. The van der Waals surface area contributed by atoms with Crippen LogP contribution in [0.15, 0.2) is 85.0 Å². The molecular weight excluding hydrogens is 549 g/mol. The number of hydrogen-bond acceptors (Lipinski definition) is 5. The average molecular weight is 579 g/mol. The second-order valence-corrected chi connectivity index (χ2v) is 10.7. The molecule has 0 aliphatic carbocycles. The number of rotatable bonds is 8. The number of nitrogens with one attached hydrogen (secondary N) is 2. The molecule has 7 nitrogen and oxygen atoms in total. The van der Waals surface area contributed by atoms with Crippen LogP contribution in [-0.2, 0) is 26.9 Å². The normalized spacial score (nSPS) is 18.2. The van der Waals surface area contributed by atoms with Gasteiger partial charge >= 0.3 is 6.18 Å². The third-order valence-electron chi connectivity index (χ3n) is 7.06. The molecule has 0 spiro atoms. The molecule has 1 fully saturated rings. The molecule has 218 valence electrons. The zero-order chi connectivity index (χ0) is 29.9. The Morgan fingerprint density at radius 2 is 1.86 bits per heavy atom. The van der Waals surface area contributed by atoms with Crippen LogP contribution in [0, 0.1) is 5.41 Å². The maximum absolute atomic E-state index is 13.2. The summed E-state index contributed by atoms with van der Waals surface area (Å²) in [6.07, 6.45) is -1.18. The van der Waals surface area contributed by atoms with Crippen molar-refractivity contribution in [3.63, 3.8) is 0 Å². The summed E-state index contributed by atoms with van der Waals surface area (Å²) in [5.74, 6) is -0.373. The summed E-state index contributed by atoms with van der Waals surface area (Å²) in [5, 5.41) is 15.3. The minimum atomic E-state index is -4.47. The van der Waals surface area contributed by atoms with Gasteiger partial charge in [-0.15, -0.1) is 0 Å². The molecule has 1 saturated heterocycles. The number of aliphatic hydroxyl groups excluding tert-OH is 1. The average Bonchev–Trinajstić information content (AvgIpc) is 2.94. The van der Waals surface area contributed by atoms with Crippen molar-refractivity contribution in [3.8, 4) is 5.75 Å². The van der Waals surface area contributed by atoms with Crippen LogP contribution in [-0.4, -0.2) is 42.8 Å². The van der Waals surface area contributed by atoms with Crippen LogP contribution in [0.2, 0.25) is 0 Å². The molecule has 0 saturated carbocycles. The number of hydrogen-bond donors (Lipinski definition) is 3. The van der Waals surface area contributed by atoms with Crippen LogP contribution in [0.1, 0.15) is 29.2 Å². The molecule has 2 aliphatic rings. The predicted molar refractivity (Wildman–Crippen MR) is 152 cm³/mol. The number of benzene rings is 3.